The van der Waals surface area contributed by atoms with Crippen molar-refractivity contribution in [2.24, 2.45) is 0 Å². The molecule has 1 saturated heterocycles. The van der Waals surface area contributed by atoms with E-state index in [4.69, 9.17) is 9.47 Å². The van der Waals surface area contributed by atoms with E-state index in [2.05, 4.69) is 19.2 Å². The van der Waals surface area contributed by atoms with Crippen molar-refractivity contribution >= 4 is 5.91 Å². The molecule has 0 aromatic heterocycles. The highest BCUT2D eigenvalue weighted by molar-refractivity contribution is 5.76. The van der Waals surface area contributed by atoms with Crippen LogP contribution in [0.1, 0.15) is 438 Å². The van der Waals surface area contributed by atoms with Gasteiger partial charge in [0, 0.05) is 6.42 Å². The Balaban J connectivity index is 2.00. The lowest BCUT2D eigenvalue weighted by Crippen LogP contribution is -2.60. The number of hydrogen-bond acceptors (Lipinski definition) is 8. The van der Waals surface area contributed by atoms with Gasteiger partial charge in [0.15, 0.2) is 6.29 Å². The van der Waals surface area contributed by atoms with Crippen molar-refractivity contribution in [2.45, 2.75) is 480 Å². The average molecular weight is 1240 g/mol. The summed E-state index contributed by atoms with van der Waals surface area (Å²) >= 11 is 0. The van der Waals surface area contributed by atoms with Gasteiger partial charge in [-0.3, -0.25) is 4.79 Å². The fourth-order valence-electron chi connectivity index (χ4n) is 13.5. The molecule has 9 nitrogen and oxygen atoms in total. The van der Waals surface area contributed by atoms with Crippen molar-refractivity contribution in [3.63, 3.8) is 0 Å². The largest absolute Gasteiger partial charge is 0.394 e. The lowest BCUT2D eigenvalue weighted by molar-refractivity contribution is -0.302. The highest BCUT2D eigenvalue weighted by Gasteiger charge is 2.44. The van der Waals surface area contributed by atoms with Crippen LogP contribution in [0.4, 0.5) is 0 Å². The van der Waals surface area contributed by atoms with E-state index in [1.165, 1.54) is 372 Å². The maximum Gasteiger partial charge on any atom is 0.220 e. The van der Waals surface area contributed by atoms with Gasteiger partial charge in [-0.15, -0.1) is 0 Å². The maximum atomic E-state index is 13.2. The number of carbonyl (C=O) groups excluding carboxylic acids is 1. The number of carbonyl (C=O) groups is 1. The first-order valence-corrected chi connectivity index (χ1v) is 39.7. The average Bonchev–Trinajstić information content (AvgIpc) is 3.47. The Bertz CT molecular complexity index is 1340. The van der Waals surface area contributed by atoms with Gasteiger partial charge < -0.3 is 40.3 Å². The van der Waals surface area contributed by atoms with Crippen LogP contribution in [0, 0.1) is 0 Å². The second-order valence-electron chi connectivity index (χ2n) is 28.2. The molecule has 9 heteroatoms. The van der Waals surface area contributed by atoms with Crippen molar-refractivity contribution in [1.29, 1.82) is 0 Å². The predicted octanol–water partition coefficient (Wildman–Crippen LogP) is 22.4. The zero-order valence-corrected chi connectivity index (χ0v) is 58.6. The van der Waals surface area contributed by atoms with Gasteiger partial charge in [0.05, 0.1) is 25.4 Å². The molecular weight excluding hydrogens is 1080 g/mol. The quantitative estimate of drug-likeness (QED) is 0.0330. The Morgan fingerprint density at radius 2 is 0.575 bits per heavy atom. The monoisotopic (exact) mass is 1230 g/mol. The van der Waals surface area contributed by atoms with E-state index in [-0.39, 0.29) is 12.5 Å². The summed E-state index contributed by atoms with van der Waals surface area (Å²) < 4.78 is 11.4. The molecule has 1 aliphatic heterocycles. The van der Waals surface area contributed by atoms with Crippen molar-refractivity contribution in [3.05, 3.63) is 0 Å². The summed E-state index contributed by atoms with van der Waals surface area (Å²) in [5.41, 5.74) is 0. The van der Waals surface area contributed by atoms with E-state index in [9.17, 15) is 30.3 Å². The normalized spacial score (nSPS) is 17.8. The molecule has 0 aliphatic carbocycles. The van der Waals surface area contributed by atoms with Crippen LogP contribution in [0.5, 0.6) is 0 Å². The third kappa shape index (κ3) is 56.5. The summed E-state index contributed by atoms with van der Waals surface area (Å²) in [5.74, 6) is -0.132. The topological polar surface area (TPSA) is 149 Å². The Morgan fingerprint density at radius 1 is 0.345 bits per heavy atom. The smallest absolute Gasteiger partial charge is 0.220 e. The molecule has 7 unspecified atom stereocenters. The predicted molar refractivity (Wildman–Crippen MR) is 374 cm³/mol. The number of amides is 1. The minimum Gasteiger partial charge on any atom is -0.394 e. The minimum atomic E-state index is -1.55. The standard InChI is InChI=1S/C78H155NO8/c1-3-5-7-9-11-13-15-17-19-21-23-25-27-28-29-30-31-32-33-34-35-36-37-38-39-40-41-42-43-44-46-48-50-52-54-56-58-60-62-64-66-68-74(82)79-71(70-86-78-77(85)76(84)75(83)73(69-80)87-78)72(81)67-65-63-61-59-57-55-53-51-49-47-45-26-24-22-20-18-16-14-12-10-8-6-4-2/h71-73,75-78,80-81,83-85H,3-70H2,1-2H3,(H,79,82). The van der Waals surface area contributed by atoms with Gasteiger partial charge in [0.25, 0.3) is 0 Å². The van der Waals surface area contributed by atoms with Gasteiger partial charge in [-0.1, -0.05) is 418 Å². The number of aliphatic hydroxyl groups is 5. The third-order valence-electron chi connectivity index (χ3n) is 19.7. The van der Waals surface area contributed by atoms with E-state index in [0.29, 0.717) is 12.8 Å². The van der Waals surface area contributed by atoms with Crippen molar-refractivity contribution in [2.75, 3.05) is 13.2 Å². The fraction of sp³-hybridized carbons (Fsp3) is 0.987. The first-order chi connectivity index (χ1) is 42.8. The van der Waals surface area contributed by atoms with Crippen LogP contribution in [0.15, 0.2) is 0 Å². The lowest BCUT2D eigenvalue weighted by Gasteiger charge is -2.40. The fourth-order valence-corrected chi connectivity index (χ4v) is 13.5. The van der Waals surface area contributed by atoms with E-state index < -0.39 is 49.5 Å². The first-order valence-electron chi connectivity index (χ1n) is 39.7. The Labute approximate surface area is 542 Å². The van der Waals surface area contributed by atoms with Crippen molar-refractivity contribution in [1.82, 2.24) is 5.32 Å². The summed E-state index contributed by atoms with van der Waals surface area (Å²) in [5, 5.41) is 55.0. The molecule has 0 radical (unpaired) electrons. The van der Waals surface area contributed by atoms with Gasteiger partial charge in [-0.2, -0.15) is 0 Å². The highest BCUT2D eigenvalue weighted by atomic mass is 16.7. The van der Waals surface area contributed by atoms with Crippen LogP contribution in [0.25, 0.3) is 0 Å². The maximum absolute atomic E-state index is 13.2. The summed E-state index contributed by atoms with van der Waals surface area (Å²) in [6, 6.07) is -0.716. The Morgan fingerprint density at radius 3 is 0.816 bits per heavy atom. The second kappa shape index (κ2) is 68.1. The van der Waals surface area contributed by atoms with Gasteiger partial charge in [0.1, 0.15) is 24.4 Å². The number of aliphatic hydroxyl groups excluding tert-OH is 5. The Kier molecular flexibility index (Phi) is 65.9. The van der Waals surface area contributed by atoms with Crippen LogP contribution in [0.3, 0.4) is 0 Å². The van der Waals surface area contributed by atoms with E-state index in [1.807, 2.05) is 0 Å². The first kappa shape index (κ1) is 84.2. The summed E-state index contributed by atoms with van der Waals surface area (Å²) in [4.78, 5) is 13.2. The summed E-state index contributed by atoms with van der Waals surface area (Å²) in [6.07, 6.45) is 80.8. The molecule has 520 valence electrons. The molecule has 0 aromatic carbocycles. The zero-order valence-electron chi connectivity index (χ0n) is 58.6. The number of unbranched alkanes of at least 4 members (excludes halogenated alkanes) is 62. The van der Waals surface area contributed by atoms with Crippen LogP contribution in [-0.4, -0.2) is 87.5 Å². The molecule has 1 amide bonds. The Hall–Kier alpha value is -0.810. The number of rotatable bonds is 72. The molecule has 1 fully saturated rings. The van der Waals surface area contributed by atoms with Crippen LogP contribution in [0.2, 0.25) is 0 Å². The summed E-state index contributed by atoms with van der Waals surface area (Å²) in [7, 11) is 0. The molecule has 7 atom stereocenters. The molecule has 1 rings (SSSR count). The molecule has 0 bridgehead atoms. The summed E-state index contributed by atoms with van der Waals surface area (Å²) in [6.45, 7) is 3.92. The molecule has 0 spiro atoms. The van der Waals surface area contributed by atoms with Gasteiger partial charge in [-0.25, -0.2) is 0 Å². The van der Waals surface area contributed by atoms with E-state index in [0.717, 1.165) is 38.5 Å². The molecule has 0 saturated carbocycles. The lowest BCUT2D eigenvalue weighted by atomic mass is 9.99. The van der Waals surface area contributed by atoms with Crippen LogP contribution < -0.4 is 5.32 Å². The number of nitrogens with one attached hydrogen (secondary N) is 1. The van der Waals surface area contributed by atoms with Gasteiger partial charge >= 0.3 is 0 Å². The zero-order chi connectivity index (χ0) is 62.8. The second-order valence-corrected chi connectivity index (χ2v) is 28.2. The molecule has 87 heavy (non-hydrogen) atoms. The van der Waals surface area contributed by atoms with E-state index in [1.54, 1.807) is 0 Å². The molecular formula is C78H155NO8. The van der Waals surface area contributed by atoms with Gasteiger partial charge in [-0.05, 0) is 12.8 Å². The van der Waals surface area contributed by atoms with Crippen LogP contribution in [-0.2, 0) is 14.3 Å². The van der Waals surface area contributed by atoms with Crippen molar-refractivity contribution in [3.8, 4) is 0 Å². The number of hydrogen-bond donors (Lipinski definition) is 6. The third-order valence-corrected chi connectivity index (χ3v) is 19.7. The SMILES string of the molecule is CCCCCCCCCCCCCCCCCCCCCCCCCCCCCCCCCCCCCCCCCCCC(=O)NC(COC1OC(CO)C(O)C(O)C1O)C(O)CCCCCCCCCCCCCCCCCCCCCCCCC. The van der Waals surface area contributed by atoms with E-state index >= 15 is 0 Å². The highest BCUT2D eigenvalue weighted by Crippen LogP contribution is 2.25. The molecule has 6 N–H and O–H groups in total. The molecule has 1 heterocycles. The van der Waals surface area contributed by atoms with Crippen molar-refractivity contribution < 1.29 is 39.8 Å². The molecule has 0 aromatic rings. The number of ether oxygens (including phenoxy) is 2. The molecule has 1 aliphatic rings. The van der Waals surface area contributed by atoms with Gasteiger partial charge in [0.2, 0.25) is 5.91 Å². The van der Waals surface area contributed by atoms with Crippen LogP contribution >= 0.6 is 0 Å². The minimum absolute atomic E-state index is 0.130.